The van der Waals surface area contributed by atoms with Gasteiger partial charge in [0, 0.05) is 16.3 Å². The van der Waals surface area contributed by atoms with Crippen molar-refractivity contribution in [3.8, 4) is 0 Å². The van der Waals surface area contributed by atoms with Gasteiger partial charge >= 0.3 is 0 Å². The molecule has 0 amide bonds. The van der Waals surface area contributed by atoms with Crippen LogP contribution in [0.25, 0.3) is 0 Å². The molecule has 2 aromatic rings. The van der Waals surface area contributed by atoms with Gasteiger partial charge in [-0.1, -0.05) is 41.9 Å². The normalized spacial score (nSPS) is 21.9. The molecule has 3 rings (SSSR count). The number of benzene rings is 2. The van der Waals surface area contributed by atoms with Crippen molar-refractivity contribution in [2.75, 3.05) is 38.5 Å². The molecular formula is C21H29ClN4S+2. The maximum absolute atomic E-state index is 5.96. The summed E-state index contributed by atoms with van der Waals surface area (Å²) in [6.07, 6.45) is 0. The molecule has 0 unspecified atom stereocenters. The summed E-state index contributed by atoms with van der Waals surface area (Å²) in [7, 11) is 2.28. The minimum Gasteiger partial charge on any atom is -0.354 e. The van der Waals surface area contributed by atoms with Crippen LogP contribution in [0.1, 0.15) is 18.5 Å². The van der Waals surface area contributed by atoms with E-state index in [0.29, 0.717) is 11.2 Å². The Kier molecular flexibility index (Phi) is 7.07. The lowest BCUT2D eigenvalue weighted by Gasteiger charge is -2.37. The van der Waals surface area contributed by atoms with Crippen LogP contribution in [-0.4, -0.2) is 44.4 Å². The Bertz CT molecular complexity index is 730. The molecule has 0 spiro atoms. The van der Waals surface area contributed by atoms with Gasteiger partial charge in [-0.25, -0.2) is 0 Å². The van der Waals surface area contributed by atoms with Crippen molar-refractivity contribution in [1.82, 2.24) is 5.32 Å². The Labute approximate surface area is 172 Å². The van der Waals surface area contributed by atoms with Gasteiger partial charge in [0.15, 0.2) is 5.11 Å². The summed E-state index contributed by atoms with van der Waals surface area (Å²) >= 11 is 11.5. The molecule has 1 saturated heterocycles. The molecule has 0 saturated carbocycles. The SMILES string of the molecule is C[C@H](NC(=S)Nc1ccc(Cl)cc1)[C@@H](c1ccccc1)[NH+]1CC[NH+](C)CC1. The van der Waals surface area contributed by atoms with Gasteiger partial charge in [-0.15, -0.1) is 0 Å². The number of thiocarbonyl (C=S) groups is 1. The summed E-state index contributed by atoms with van der Waals surface area (Å²) < 4.78 is 0. The Morgan fingerprint density at radius 2 is 1.63 bits per heavy atom. The third kappa shape index (κ3) is 5.66. The van der Waals surface area contributed by atoms with Crippen molar-refractivity contribution in [2.24, 2.45) is 0 Å². The van der Waals surface area contributed by atoms with Gasteiger partial charge in [0.2, 0.25) is 0 Å². The van der Waals surface area contributed by atoms with Gasteiger partial charge in [0.25, 0.3) is 0 Å². The van der Waals surface area contributed by atoms with Crippen LogP contribution in [0, 0.1) is 0 Å². The van der Waals surface area contributed by atoms with Crippen molar-refractivity contribution in [3.63, 3.8) is 0 Å². The zero-order valence-electron chi connectivity index (χ0n) is 16.0. The van der Waals surface area contributed by atoms with Crippen LogP contribution in [0.5, 0.6) is 0 Å². The average molecular weight is 405 g/mol. The predicted octanol–water partition coefficient (Wildman–Crippen LogP) is 1.17. The topological polar surface area (TPSA) is 32.9 Å². The van der Waals surface area contributed by atoms with Crippen LogP contribution in [0.15, 0.2) is 54.6 Å². The fraction of sp³-hybridized carbons (Fsp3) is 0.381. The third-order valence-electron chi connectivity index (χ3n) is 5.31. The molecule has 0 aromatic heterocycles. The molecule has 1 heterocycles. The fourth-order valence-electron chi connectivity index (χ4n) is 3.84. The van der Waals surface area contributed by atoms with Gasteiger partial charge in [-0.05, 0) is 43.4 Å². The van der Waals surface area contributed by atoms with Crippen LogP contribution in [0.4, 0.5) is 5.69 Å². The number of piperazine rings is 1. The van der Waals surface area contributed by atoms with Crippen molar-refractivity contribution in [3.05, 3.63) is 65.2 Å². The lowest BCUT2D eigenvalue weighted by Crippen LogP contribution is -3.27. The van der Waals surface area contributed by atoms with Gasteiger partial charge in [0.1, 0.15) is 32.2 Å². The lowest BCUT2D eigenvalue weighted by molar-refractivity contribution is -1.02. The Morgan fingerprint density at radius 1 is 1.00 bits per heavy atom. The Balaban J connectivity index is 1.69. The molecule has 144 valence electrons. The number of nitrogens with one attached hydrogen (secondary N) is 4. The molecule has 0 bridgehead atoms. The number of rotatable bonds is 5. The van der Waals surface area contributed by atoms with Crippen molar-refractivity contribution >= 4 is 34.6 Å². The van der Waals surface area contributed by atoms with E-state index in [2.05, 4.69) is 54.9 Å². The maximum atomic E-state index is 5.96. The summed E-state index contributed by atoms with van der Waals surface area (Å²) in [6, 6.07) is 19.0. The van der Waals surface area contributed by atoms with Gasteiger partial charge in [-0.3, -0.25) is 0 Å². The minimum atomic E-state index is 0.216. The number of anilines is 1. The van der Waals surface area contributed by atoms with Crippen LogP contribution in [-0.2, 0) is 0 Å². The first-order valence-electron chi connectivity index (χ1n) is 9.57. The maximum Gasteiger partial charge on any atom is 0.171 e. The quantitative estimate of drug-likeness (QED) is 0.565. The molecule has 1 aliphatic heterocycles. The Morgan fingerprint density at radius 3 is 2.26 bits per heavy atom. The van der Waals surface area contributed by atoms with Crippen LogP contribution in [0.2, 0.25) is 5.02 Å². The third-order valence-corrected chi connectivity index (χ3v) is 5.78. The van der Waals surface area contributed by atoms with E-state index in [1.54, 1.807) is 9.80 Å². The van der Waals surface area contributed by atoms with Crippen LogP contribution < -0.4 is 20.4 Å². The molecule has 6 heteroatoms. The molecule has 0 aliphatic carbocycles. The zero-order valence-corrected chi connectivity index (χ0v) is 17.5. The van der Waals surface area contributed by atoms with E-state index >= 15 is 0 Å². The van der Waals surface area contributed by atoms with E-state index in [-0.39, 0.29) is 6.04 Å². The highest BCUT2D eigenvalue weighted by Gasteiger charge is 2.33. The first kappa shape index (κ1) is 20.1. The second-order valence-electron chi connectivity index (χ2n) is 7.40. The van der Waals surface area contributed by atoms with E-state index < -0.39 is 0 Å². The van der Waals surface area contributed by atoms with Crippen molar-refractivity contribution in [1.29, 1.82) is 0 Å². The number of hydrogen-bond acceptors (Lipinski definition) is 1. The highest BCUT2D eigenvalue weighted by molar-refractivity contribution is 7.80. The van der Waals surface area contributed by atoms with E-state index in [1.165, 1.54) is 31.7 Å². The first-order valence-corrected chi connectivity index (χ1v) is 10.4. The number of quaternary nitrogens is 2. The molecular weight excluding hydrogens is 376 g/mol. The second kappa shape index (κ2) is 9.51. The molecule has 1 fully saturated rings. The number of hydrogen-bond donors (Lipinski definition) is 4. The summed E-state index contributed by atoms with van der Waals surface area (Å²) in [5, 5.41) is 8.14. The molecule has 4 nitrogen and oxygen atoms in total. The summed E-state index contributed by atoms with van der Waals surface area (Å²) in [4.78, 5) is 3.24. The highest BCUT2D eigenvalue weighted by Crippen LogP contribution is 2.16. The van der Waals surface area contributed by atoms with Gasteiger partial charge in [-0.2, -0.15) is 0 Å². The number of halogens is 1. The average Bonchev–Trinajstić information content (AvgIpc) is 2.66. The van der Waals surface area contributed by atoms with Crippen molar-refractivity contribution < 1.29 is 9.80 Å². The zero-order chi connectivity index (χ0) is 19.2. The molecule has 27 heavy (non-hydrogen) atoms. The summed E-state index contributed by atoms with van der Waals surface area (Å²) in [6.45, 7) is 6.99. The van der Waals surface area contributed by atoms with Crippen LogP contribution in [0.3, 0.4) is 0 Å². The molecule has 2 atom stereocenters. The first-order chi connectivity index (χ1) is 13.0. The fourth-order valence-corrected chi connectivity index (χ4v) is 4.27. The van der Waals surface area contributed by atoms with E-state index in [1.807, 2.05) is 24.3 Å². The largest absolute Gasteiger partial charge is 0.354 e. The highest BCUT2D eigenvalue weighted by atomic mass is 35.5. The van der Waals surface area contributed by atoms with Gasteiger partial charge in [0.05, 0.1) is 13.1 Å². The molecule has 0 radical (unpaired) electrons. The smallest absolute Gasteiger partial charge is 0.171 e. The molecule has 2 aromatic carbocycles. The molecule has 1 aliphatic rings. The van der Waals surface area contributed by atoms with Crippen LogP contribution >= 0.6 is 23.8 Å². The van der Waals surface area contributed by atoms with E-state index in [4.69, 9.17) is 23.8 Å². The van der Waals surface area contributed by atoms with E-state index in [0.717, 1.165) is 10.7 Å². The predicted molar refractivity (Wildman–Crippen MR) is 117 cm³/mol. The Hall–Kier alpha value is -1.66. The second-order valence-corrected chi connectivity index (χ2v) is 8.24. The lowest BCUT2D eigenvalue weighted by atomic mass is 9.98. The van der Waals surface area contributed by atoms with E-state index in [9.17, 15) is 0 Å². The van der Waals surface area contributed by atoms with Crippen molar-refractivity contribution in [2.45, 2.75) is 19.0 Å². The summed E-state index contributed by atoms with van der Waals surface area (Å²) in [5.41, 5.74) is 2.30. The molecule has 4 N–H and O–H groups in total. The standard InChI is InChI=1S/C21H27ClN4S/c1-16(23-21(27)24-19-10-8-18(22)9-11-19)20(17-6-4-3-5-7-17)26-14-12-25(2)13-15-26/h3-11,16,20H,12-15H2,1-2H3,(H2,23,24,27)/p+2/t16-,20-/m0/s1. The monoisotopic (exact) mass is 404 g/mol. The van der Waals surface area contributed by atoms with Gasteiger partial charge < -0.3 is 20.4 Å². The number of likely N-dealkylation sites (N-methyl/N-ethyl adjacent to an activating group) is 1. The summed E-state index contributed by atoms with van der Waals surface area (Å²) in [5.74, 6) is 0. The minimum absolute atomic E-state index is 0.216.